The van der Waals surface area contributed by atoms with Gasteiger partial charge in [-0.3, -0.25) is 0 Å². The van der Waals surface area contributed by atoms with E-state index in [1.807, 2.05) is 7.05 Å². The number of nitrogens with one attached hydrogen (secondary N) is 1. The molecule has 0 atom stereocenters. The first-order chi connectivity index (χ1) is 7.29. The first kappa shape index (κ1) is 12.0. The molecule has 1 rings (SSSR count). The lowest BCUT2D eigenvalue weighted by Crippen LogP contribution is -2.24. The van der Waals surface area contributed by atoms with Gasteiger partial charge >= 0.3 is 0 Å². The topological polar surface area (TPSA) is 24.5 Å². The molecule has 1 aromatic carbocycles. The number of rotatable bonds is 6. The van der Waals surface area contributed by atoms with E-state index in [9.17, 15) is 0 Å². The minimum atomic E-state index is 0.754. The maximum atomic E-state index is 5.08. The van der Waals surface area contributed by atoms with Crippen molar-refractivity contribution in [3.63, 3.8) is 0 Å². The molecule has 1 N–H and O–H groups in total. The highest BCUT2D eigenvalue weighted by Crippen LogP contribution is 2.18. The predicted octanol–water partition coefficient (Wildman–Crippen LogP) is 1.49. The fourth-order valence-electron chi connectivity index (χ4n) is 1.57. The normalized spacial score (nSPS) is 10.3. The monoisotopic (exact) mass is 208 g/mol. The van der Waals surface area contributed by atoms with Crippen molar-refractivity contribution in [2.24, 2.45) is 0 Å². The molecular weight excluding hydrogens is 188 g/mol. The van der Waals surface area contributed by atoms with Crippen molar-refractivity contribution in [2.75, 3.05) is 39.3 Å². The van der Waals surface area contributed by atoms with Crippen molar-refractivity contribution < 1.29 is 4.74 Å². The molecule has 0 spiro atoms. The average molecular weight is 208 g/mol. The fourth-order valence-corrected chi connectivity index (χ4v) is 1.57. The van der Waals surface area contributed by atoms with Crippen LogP contribution < -0.4 is 10.2 Å². The van der Waals surface area contributed by atoms with Gasteiger partial charge in [0.2, 0.25) is 0 Å². The average Bonchev–Trinajstić information content (AvgIpc) is 2.27. The van der Waals surface area contributed by atoms with E-state index >= 15 is 0 Å². The van der Waals surface area contributed by atoms with Crippen molar-refractivity contribution in [2.45, 2.75) is 6.54 Å². The smallest absolute Gasteiger partial charge is 0.0637 e. The number of hydrogen-bond acceptors (Lipinski definition) is 3. The molecule has 0 aliphatic heterocycles. The van der Waals surface area contributed by atoms with Gasteiger partial charge in [-0.15, -0.1) is 0 Å². The standard InChI is InChI=1S/C12H20N2O/c1-13-10-11-6-4-5-7-12(11)14(2)8-9-15-3/h4-7,13H,8-10H2,1-3H3. The summed E-state index contributed by atoms with van der Waals surface area (Å²) in [4.78, 5) is 2.22. The molecule has 0 saturated heterocycles. The zero-order chi connectivity index (χ0) is 11.1. The van der Waals surface area contributed by atoms with Crippen LogP contribution in [0.2, 0.25) is 0 Å². The van der Waals surface area contributed by atoms with E-state index in [1.165, 1.54) is 11.3 Å². The minimum Gasteiger partial charge on any atom is -0.383 e. The Morgan fingerprint density at radius 2 is 2.07 bits per heavy atom. The summed E-state index contributed by atoms with van der Waals surface area (Å²) < 4.78 is 5.08. The second-order valence-corrected chi connectivity index (χ2v) is 3.57. The van der Waals surface area contributed by atoms with Gasteiger partial charge in [0.05, 0.1) is 6.61 Å². The van der Waals surface area contributed by atoms with Gasteiger partial charge in [0.15, 0.2) is 0 Å². The van der Waals surface area contributed by atoms with E-state index in [4.69, 9.17) is 4.74 Å². The Morgan fingerprint density at radius 1 is 1.33 bits per heavy atom. The second-order valence-electron chi connectivity index (χ2n) is 3.57. The van der Waals surface area contributed by atoms with Crippen LogP contribution in [0.1, 0.15) is 5.56 Å². The van der Waals surface area contributed by atoms with Gasteiger partial charge in [-0.1, -0.05) is 18.2 Å². The first-order valence-electron chi connectivity index (χ1n) is 5.22. The van der Waals surface area contributed by atoms with E-state index < -0.39 is 0 Å². The largest absolute Gasteiger partial charge is 0.383 e. The zero-order valence-corrected chi connectivity index (χ0v) is 9.79. The van der Waals surface area contributed by atoms with E-state index in [2.05, 4.69) is 41.5 Å². The van der Waals surface area contributed by atoms with Gasteiger partial charge < -0.3 is 15.0 Å². The van der Waals surface area contributed by atoms with Crippen molar-refractivity contribution in [3.8, 4) is 0 Å². The number of hydrogen-bond donors (Lipinski definition) is 1. The van der Waals surface area contributed by atoms with Gasteiger partial charge in [-0.2, -0.15) is 0 Å². The Balaban J connectivity index is 2.72. The maximum absolute atomic E-state index is 5.08. The lowest BCUT2D eigenvalue weighted by atomic mass is 10.1. The summed E-state index contributed by atoms with van der Waals surface area (Å²) in [6.07, 6.45) is 0. The molecular formula is C12H20N2O. The first-order valence-corrected chi connectivity index (χ1v) is 5.22. The Kier molecular flexibility index (Phi) is 5.15. The quantitative estimate of drug-likeness (QED) is 0.766. The van der Waals surface area contributed by atoms with E-state index in [1.54, 1.807) is 7.11 Å². The number of ether oxygens (including phenoxy) is 1. The summed E-state index contributed by atoms with van der Waals surface area (Å²) in [5.74, 6) is 0. The number of benzene rings is 1. The van der Waals surface area contributed by atoms with Gasteiger partial charge in [0.25, 0.3) is 0 Å². The number of para-hydroxylation sites is 1. The van der Waals surface area contributed by atoms with Crippen molar-refractivity contribution in [1.82, 2.24) is 5.32 Å². The Hall–Kier alpha value is -1.06. The molecule has 15 heavy (non-hydrogen) atoms. The highest BCUT2D eigenvalue weighted by atomic mass is 16.5. The number of anilines is 1. The lowest BCUT2D eigenvalue weighted by Gasteiger charge is -2.22. The highest BCUT2D eigenvalue weighted by molar-refractivity contribution is 5.52. The van der Waals surface area contributed by atoms with Crippen molar-refractivity contribution in [3.05, 3.63) is 29.8 Å². The molecule has 84 valence electrons. The molecule has 3 nitrogen and oxygen atoms in total. The Bertz CT molecular complexity index is 289. The summed E-state index contributed by atoms with van der Waals surface area (Å²) in [7, 11) is 5.78. The molecule has 0 amide bonds. The third kappa shape index (κ3) is 3.53. The van der Waals surface area contributed by atoms with Gasteiger partial charge in [-0.05, 0) is 18.7 Å². The molecule has 0 bridgehead atoms. The van der Waals surface area contributed by atoms with Crippen LogP contribution in [0, 0.1) is 0 Å². The molecule has 0 saturated carbocycles. The summed E-state index contributed by atoms with van der Waals surface area (Å²) in [6, 6.07) is 8.43. The van der Waals surface area contributed by atoms with Crippen LogP contribution in [0.15, 0.2) is 24.3 Å². The lowest BCUT2D eigenvalue weighted by molar-refractivity contribution is 0.206. The van der Waals surface area contributed by atoms with E-state index in [-0.39, 0.29) is 0 Å². The van der Waals surface area contributed by atoms with E-state index in [0.717, 1.165) is 19.7 Å². The van der Waals surface area contributed by atoms with Crippen LogP contribution in [0.5, 0.6) is 0 Å². The summed E-state index contributed by atoms with van der Waals surface area (Å²) in [5, 5.41) is 3.18. The number of likely N-dealkylation sites (N-methyl/N-ethyl adjacent to an activating group) is 1. The highest BCUT2D eigenvalue weighted by Gasteiger charge is 2.05. The summed E-state index contributed by atoms with van der Waals surface area (Å²) in [6.45, 7) is 2.56. The minimum absolute atomic E-state index is 0.754. The molecule has 0 aliphatic rings. The van der Waals surface area contributed by atoms with Crippen LogP contribution >= 0.6 is 0 Å². The Morgan fingerprint density at radius 3 is 2.73 bits per heavy atom. The van der Waals surface area contributed by atoms with Crippen LogP contribution in [0.25, 0.3) is 0 Å². The SMILES string of the molecule is CNCc1ccccc1N(C)CCOC. The van der Waals surface area contributed by atoms with Crippen LogP contribution in [-0.2, 0) is 11.3 Å². The zero-order valence-electron chi connectivity index (χ0n) is 9.79. The predicted molar refractivity (Wildman–Crippen MR) is 64.4 cm³/mol. The fraction of sp³-hybridized carbons (Fsp3) is 0.500. The third-order valence-electron chi connectivity index (χ3n) is 2.40. The summed E-state index contributed by atoms with van der Waals surface area (Å²) >= 11 is 0. The van der Waals surface area contributed by atoms with Gasteiger partial charge in [0, 0.05) is 32.9 Å². The molecule has 3 heteroatoms. The third-order valence-corrected chi connectivity index (χ3v) is 2.40. The molecule has 0 heterocycles. The van der Waals surface area contributed by atoms with Crippen molar-refractivity contribution >= 4 is 5.69 Å². The van der Waals surface area contributed by atoms with E-state index in [0.29, 0.717) is 0 Å². The summed E-state index contributed by atoms with van der Waals surface area (Å²) in [5.41, 5.74) is 2.59. The second kappa shape index (κ2) is 6.43. The molecule has 0 radical (unpaired) electrons. The van der Waals surface area contributed by atoms with Crippen LogP contribution in [0.4, 0.5) is 5.69 Å². The van der Waals surface area contributed by atoms with Gasteiger partial charge in [0.1, 0.15) is 0 Å². The molecule has 0 unspecified atom stereocenters. The molecule has 0 aliphatic carbocycles. The van der Waals surface area contributed by atoms with Crippen molar-refractivity contribution in [1.29, 1.82) is 0 Å². The molecule has 0 aromatic heterocycles. The van der Waals surface area contributed by atoms with Crippen LogP contribution in [0.3, 0.4) is 0 Å². The maximum Gasteiger partial charge on any atom is 0.0637 e. The van der Waals surface area contributed by atoms with Crippen LogP contribution in [-0.4, -0.2) is 34.4 Å². The molecule has 0 fully saturated rings. The Labute approximate surface area is 92.0 Å². The van der Waals surface area contributed by atoms with Gasteiger partial charge in [-0.25, -0.2) is 0 Å². The number of methoxy groups -OCH3 is 1. The number of nitrogens with zero attached hydrogens (tertiary/aromatic N) is 1. The molecule has 1 aromatic rings.